The molecule has 0 radical (unpaired) electrons. The van der Waals surface area contributed by atoms with Crippen molar-refractivity contribution >= 4 is 29.1 Å². The third-order valence-corrected chi connectivity index (χ3v) is 5.40. The van der Waals surface area contributed by atoms with E-state index in [0.717, 1.165) is 17.5 Å². The van der Waals surface area contributed by atoms with Gasteiger partial charge in [-0.3, -0.25) is 9.69 Å². The molecule has 2 aromatic rings. The van der Waals surface area contributed by atoms with Gasteiger partial charge in [0.25, 0.3) is 0 Å². The van der Waals surface area contributed by atoms with Crippen molar-refractivity contribution in [2.75, 3.05) is 0 Å². The molecule has 1 fully saturated rings. The minimum atomic E-state index is -0.293. The van der Waals surface area contributed by atoms with Crippen LogP contribution in [0, 0.1) is 12.7 Å². The average Bonchev–Trinajstić information content (AvgIpc) is 2.94. The van der Waals surface area contributed by atoms with Crippen LogP contribution in [0.25, 0.3) is 0 Å². The summed E-state index contributed by atoms with van der Waals surface area (Å²) in [5.41, 5.74) is 2.99. The maximum atomic E-state index is 13.1. The lowest BCUT2D eigenvalue weighted by molar-refractivity contribution is -0.126. The molecule has 1 unspecified atom stereocenters. The van der Waals surface area contributed by atoms with Crippen LogP contribution in [0.4, 0.5) is 4.39 Å². The van der Waals surface area contributed by atoms with Crippen molar-refractivity contribution in [2.24, 2.45) is 10.2 Å². The van der Waals surface area contributed by atoms with Gasteiger partial charge in [-0.1, -0.05) is 60.6 Å². The van der Waals surface area contributed by atoms with Gasteiger partial charge < -0.3 is 0 Å². The molecule has 6 heteroatoms. The summed E-state index contributed by atoms with van der Waals surface area (Å²) >= 11 is 1.43. The topological polar surface area (TPSA) is 45.0 Å². The lowest BCUT2D eigenvalue weighted by Gasteiger charge is -2.15. The first-order valence-electron chi connectivity index (χ1n) is 8.47. The summed E-state index contributed by atoms with van der Waals surface area (Å²) in [4.78, 5) is 14.2. The molecule has 3 rings (SSSR count). The summed E-state index contributed by atoms with van der Waals surface area (Å²) in [6.45, 7) is 4.37. The van der Waals surface area contributed by atoms with E-state index >= 15 is 0 Å². The van der Waals surface area contributed by atoms with E-state index in [1.165, 1.54) is 29.5 Å². The van der Waals surface area contributed by atoms with Gasteiger partial charge in [-0.05, 0) is 36.6 Å². The molecular weight excluding hydrogens is 349 g/mol. The molecule has 1 aliphatic heterocycles. The van der Waals surface area contributed by atoms with E-state index in [2.05, 4.69) is 10.2 Å². The Hall–Kier alpha value is -2.47. The molecule has 2 aromatic carbocycles. The highest BCUT2D eigenvalue weighted by Crippen LogP contribution is 2.30. The van der Waals surface area contributed by atoms with Crippen molar-refractivity contribution in [3.63, 3.8) is 0 Å². The monoisotopic (exact) mass is 369 g/mol. The average molecular weight is 369 g/mol. The molecule has 1 aliphatic rings. The molecule has 1 heterocycles. The molecule has 1 amide bonds. The van der Waals surface area contributed by atoms with Crippen LogP contribution in [0.3, 0.4) is 0 Å². The summed E-state index contributed by atoms with van der Waals surface area (Å²) in [7, 11) is 0. The van der Waals surface area contributed by atoms with Crippen LogP contribution in [0.1, 0.15) is 30.0 Å². The van der Waals surface area contributed by atoms with Gasteiger partial charge in [0.15, 0.2) is 5.17 Å². The van der Waals surface area contributed by atoms with Crippen molar-refractivity contribution in [1.29, 1.82) is 0 Å². The molecule has 0 N–H and O–H groups in total. The highest BCUT2D eigenvalue weighted by Gasteiger charge is 2.36. The number of amidine groups is 1. The third kappa shape index (κ3) is 4.38. The van der Waals surface area contributed by atoms with Crippen LogP contribution in [-0.2, 0) is 11.3 Å². The predicted molar refractivity (Wildman–Crippen MR) is 105 cm³/mol. The molecule has 0 aromatic heterocycles. The fourth-order valence-electron chi connectivity index (χ4n) is 2.56. The van der Waals surface area contributed by atoms with Crippen molar-refractivity contribution in [3.05, 3.63) is 71.0 Å². The third-order valence-electron chi connectivity index (χ3n) is 4.07. The number of amides is 1. The predicted octanol–water partition coefficient (Wildman–Crippen LogP) is 4.38. The Kier molecular flexibility index (Phi) is 5.83. The minimum absolute atomic E-state index is 0.0195. The van der Waals surface area contributed by atoms with Gasteiger partial charge in [0.05, 0.1) is 18.0 Å². The van der Waals surface area contributed by atoms with Crippen LogP contribution in [0.15, 0.2) is 58.7 Å². The number of hydrogen-bond acceptors (Lipinski definition) is 4. The standard InChI is InChI=1S/C20H20FN3OS/c1-3-18-19(25)24(13-16-8-10-17(21)11-9-16)20(26-18)23-22-12-15-6-4-14(2)5-7-15/h4-12,18H,3,13H2,1-2H3/b22-12+,23-20+. The molecule has 1 saturated heterocycles. The van der Waals surface area contributed by atoms with E-state index in [-0.39, 0.29) is 17.0 Å². The number of rotatable bonds is 5. The molecule has 0 bridgehead atoms. The van der Waals surface area contributed by atoms with Gasteiger partial charge in [0.1, 0.15) is 5.82 Å². The van der Waals surface area contributed by atoms with Crippen LogP contribution in [0.2, 0.25) is 0 Å². The van der Waals surface area contributed by atoms with Gasteiger partial charge in [-0.2, -0.15) is 5.10 Å². The summed E-state index contributed by atoms with van der Waals surface area (Å²) in [5, 5.41) is 8.84. The Morgan fingerprint density at radius 1 is 1.15 bits per heavy atom. The number of carbonyl (C=O) groups is 1. The normalized spacial score (nSPS) is 19.0. The fourth-order valence-corrected chi connectivity index (χ4v) is 3.59. The maximum absolute atomic E-state index is 13.1. The Morgan fingerprint density at radius 3 is 2.50 bits per heavy atom. The van der Waals surface area contributed by atoms with Gasteiger partial charge >= 0.3 is 0 Å². The van der Waals surface area contributed by atoms with E-state index in [0.29, 0.717) is 11.7 Å². The summed E-state index contributed by atoms with van der Waals surface area (Å²) in [6.07, 6.45) is 2.40. The first kappa shape index (κ1) is 18.3. The minimum Gasteiger partial charge on any atom is -0.284 e. The van der Waals surface area contributed by atoms with Crippen molar-refractivity contribution in [3.8, 4) is 0 Å². The van der Waals surface area contributed by atoms with E-state index in [1.54, 1.807) is 23.2 Å². The molecule has 26 heavy (non-hydrogen) atoms. The van der Waals surface area contributed by atoms with Crippen molar-refractivity contribution in [2.45, 2.75) is 32.1 Å². The smallest absolute Gasteiger partial charge is 0.242 e. The first-order valence-corrected chi connectivity index (χ1v) is 9.35. The lowest BCUT2D eigenvalue weighted by atomic mass is 10.2. The van der Waals surface area contributed by atoms with Crippen LogP contribution < -0.4 is 0 Å². The van der Waals surface area contributed by atoms with E-state index in [1.807, 2.05) is 38.1 Å². The largest absolute Gasteiger partial charge is 0.284 e. The number of halogens is 1. The van der Waals surface area contributed by atoms with Crippen LogP contribution >= 0.6 is 11.8 Å². The molecule has 4 nitrogen and oxygen atoms in total. The zero-order chi connectivity index (χ0) is 18.5. The Morgan fingerprint density at radius 2 is 1.85 bits per heavy atom. The summed E-state index contributed by atoms with van der Waals surface area (Å²) < 4.78 is 13.1. The SMILES string of the molecule is CCC1S/C(=N/N=C/c2ccc(C)cc2)N(Cc2ccc(F)cc2)C1=O. The number of hydrogen-bond donors (Lipinski definition) is 0. The van der Waals surface area contributed by atoms with Crippen molar-refractivity contribution < 1.29 is 9.18 Å². The van der Waals surface area contributed by atoms with Crippen LogP contribution in [0.5, 0.6) is 0 Å². The van der Waals surface area contributed by atoms with E-state index in [9.17, 15) is 9.18 Å². The van der Waals surface area contributed by atoms with Gasteiger partial charge in [0.2, 0.25) is 5.91 Å². The lowest BCUT2D eigenvalue weighted by Crippen LogP contribution is -2.31. The van der Waals surface area contributed by atoms with Gasteiger partial charge in [0, 0.05) is 0 Å². The first-order chi connectivity index (χ1) is 12.6. The van der Waals surface area contributed by atoms with Crippen LogP contribution in [-0.4, -0.2) is 27.4 Å². The van der Waals surface area contributed by atoms with Gasteiger partial charge in [-0.15, -0.1) is 5.10 Å². The number of nitrogens with zero attached hydrogens (tertiary/aromatic N) is 3. The maximum Gasteiger partial charge on any atom is 0.242 e. The zero-order valence-corrected chi connectivity index (χ0v) is 15.5. The quantitative estimate of drug-likeness (QED) is 0.580. The second kappa shape index (κ2) is 8.27. The Bertz CT molecular complexity index is 831. The van der Waals surface area contributed by atoms with E-state index in [4.69, 9.17) is 0 Å². The zero-order valence-electron chi connectivity index (χ0n) is 14.7. The van der Waals surface area contributed by atoms with Crippen molar-refractivity contribution in [1.82, 2.24) is 4.90 Å². The van der Waals surface area contributed by atoms with E-state index < -0.39 is 0 Å². The number of benzene rings is 2. The van der Waals surface area contributed by atoms with Gasteiger partial charge in [-0.25, -0.2) is 4.39 Å². The highest BCUT2D eigenvalue weighted by molar-refractivity contribution is 8.15. The molecular formula is C20H20FN3OS. The molecule has 1 atom stereocenters. The Balaban J connectivity index is 1.78. The number of thioether (sulfide) groups is 1. The second-order valence-electron chi connectivity index (χ2n) is 6.10. The molecule has 134 valence electrons. The summed E-state index contributed by atoms with van der Waals surface area (Å²) in [5.74, 6) is -0.273. The Labute approximate surface area is 156 Å². The highest BCUT2D eigenvalue weighted by atomic mass is 32.2. The second-order valence-corrected chi connectivity index (χ2v) is 7.27. The molecule has 0 aliphatic carbocycles. The number of aryl methyl sites for hydroxylation is 1. The molecule has 0 spiro atoms. The fraction of sp³-hybridized carbons (Fsp3) is 0.250. The molecule has 0 saturated carbocycles. The number of carbonyl (C=O) groups excluding carboxylic acids is 1. The summed E-state index contributed by atoms with van der Waals surface area (Å²) in [6, 6.07) is 14.1.